The maximum Gasteiger partial charge on any atom is 0.279 e. The van der Waals surface area contributed by atoms with Gasteiger partial charge in [-0.1, -0.05) is 29.8 Å². The number of halogens is 3. The van der Waals surface area contributed by atoms with Gasteiger partial charge >= 0.3 is 0 Å². The summed E-state index contributed by atoms with van der Waals surface area (Å²) in [7, 11) is 0. The molecule has 1 aromatic heterocycles. The van der Waals surface area contributed by atoms with Crippen LogP contribution >= 0.6 is 11.6 Å². The third-order valence-corrected chi connectivity index (χ3v) is 2.29. The van der Waals surface area contributed by atoms with Gasteiger partial charge in [0.2, 0.25) is 0 Å². The zero-order valence-corrected chi connectivity index (χ0v) is 7.28. The Morgan fingerprint density at radius 1 is 1.23 bits per heavy atom. The predicted octanol–water partition coefficient (Wildman–Crippen LogP) is 3.76. The van der Waals surface area contributed by atoms with Gasteiger partial charge in [0.05, 0.1) is 5.02 Å². The minimum Gasteiger partial charge on any atom is -0.352 e. The summed E-state index contributed by atoms with van der Waals surface area (Å²) in [5.74, 6) is 0. The number of rotatable bonds is 1. The average molecular weight is 202 g/mol. The van der Waals surface area contributed by atoms with E-state index >= 15 is 0 Å². The Labute approximate surface area is 78.3 Å². The molecule has 0 bridgehead atoms. The van der Waals surface area contributed by atoms with Crippen molar-refractivity contribution in [3.63, 3.8) is 0 Å². The van der Waals surface area contributed by atoms with Crippen LogP contribution in [0, 0.1) is 0 Å². The molecule has 2 aromatic rings. The van der Waals surface area contributed by atoms with Crippen LogP contribution in [0.4, 0.5) is 8.78 Å². The van der Waals surface area contributed by atoms with Crippen molar-refractivity contribution in [1.82, 2.24) is 4.98 Å². The molecule has 0 atom stereocenters. The van der Waals surface area contributed by atoms with Crippen LogP contribution < -0.4 is 0 Å². The van der Waals surface area contributed by atoms with Crippen molar-refractivity contribution in [1.29, 1.82) is 0 Å². The molecule has 0 aliphatic carbocycles. The molecule has 1 aromatic carbocycles. The molecule has 2 rings (SSSR count). The third-order valence-electron chi connectivity index (χ3n) is 1.89. The van der Waals surface area contributed by atoms with Crippen molar-refractivity contribution in [3.8, 4) is 0 Å². The number of nitrogens with one attached hydrogen (secondary N) is 1. The molecule has 1 heterocycles. The van der Waals surface area contributed by atoms with Gasteiger partial charge in [0.1, 0.15) is 5.69 Å². The van der Waals surface area contributed by atoms with Crippen LogP contribution in [0.2, 0.25) is 5.02 Å². The van der Waals surface area contributed by atoms with Gasteiger partial charge in [0, 0.05) is 10.9 Å². The van der Waals surface area contributed by atoms with Crippen LogP contribution in [0.1, 0.15) is 12.1 Å². The highest BCUT2D eigenvalue weighted by molar-refractivity contribution is 6.36. The molecule has 4 heteroatoms. The molecule has 0 aliphatic rings. The van der Waals surface area contributed by atoms with Gasteiger partial charge in [-0.3, -0.25) is 0 Å². The SMILES string of the molecule is FC(F)c1[nH]c2ccccc2c1Cl. The normalized spacial score (nSPS) is 11.4. The summed E-state index contributed by atoms with van der Waals surface area (Å²) in [6.45, 7) is 0. The Morgan fingerprint density at radius 2 is 1.92 bits per heavy atom. The highest BCUT2D eigenvalue weighted by Crippen LogP contribution is 2.32. The van der Waals surface area contributed by atoms with Crippen LogP contribution in [0.15, 0.2) is 24.3 Å². The average Bonchev–Trinajstić information content (AvgIpc) is 2.45. The predicted molar refractivity (Wildman–Crippen MR) is 48.3 cm³/mol. The lowest BCUT2D eigenvalue weighted by molar-refractivity contribution is 0.147. The Bertz CT molecular complexity index is 436. The Balaban J connectivity index is 2.74. The zero-order valence-electron chi connectivity index (χ0n) is 6.52. The van der Waals surface area contributed by atoms with E-state index in [-0.39, 0.29) is 10.7 Å². The van der Waals surface area contributed by atoms with E-state index in [1.165, 1.54) is 0 Å². The first kappa shape index (κ1) is 8.51. The molecule has 0 saturated carbocycles. The summed E-state index contributed by atoms with van der Waals surface area (Å²) < 4.78 is 24.7. The fourth-order valence-corrected chi connectivity index (χ4v) is 1.57. The molecule has 68 valence electrons. The van der Waals surface area contributed by atoms with E-state index in [0.29, 0.717) is 10.9 Å². The second-order valence-electron chi connectivity index (χ2n) is 2.70. The van der Waals surface area contributed by atoms with E-state index in [1.807, 2.05) is 0 Å². The van der Waals surface area contributed by atoms with Crippen molar-refractivity contribution < 1.29 is 8.78 Å². The second-order valence-corrected chi connectivity index (χ2v) is 3.08. The number of aromatic amines is 1. The third kappa shape index (κ3) is 1.29. The zero-order chi connectivity index (χ0) is 9.42. The smallest absolute Gasteiger partial charge is 0.279 e. The first-order chi connectivity index (χ1) is 6.20. The van der Waals surface area contributed by atoms with E-state index in [9.17, 15) is 8.78 Å². The highest BCUT2D eigenvalue weighted by Gasteiger charge is 2.16. The van der Waals surface area contributed by atoms with Gasteiger partial charge in [0.25, 0.3) is 6.43 Å². The molecular weight excluding hydrogens is 196 g/mol. The van der Waals surface area contributed by atoms with E-state index in [2.05, 4.69) is 4.98 Å². The minimum atomic E-state index is -2.56. The number of H-pyrrole nitrogens is 1. The lowest BCUT2D eigenvalue weighted by Crippen LogP contribution is -1.82. The van der Waals surface area contributed by atoms with Crippen molar-refractivity contribution in [2.24, 2.45) is 0 Å². The summed E-state index contributed by atoms with van der Waals surface area (Å²) in [5, 5.41) is 0.755. The van der Waals surface area contributed by atoms with E-state index < -0.39 is 6.43 Å². The largest absolute Gasteiger partial charge is 0.352 e. The van der Waals surface area contributed by atoms with E-state index in [0.717, 1.165) is 0 Å². The molecule has 0 fully saturated rings. The summed E-state index contributed by atoms with van der Waals surface area (Å²) in [4.78, 5) is 2.58. The number of hydrogen-bond acceptors (Lipinski definition) is 0. The Hall–Kier alpha value is -1.09. The molecule has 0 aliphatic heterocycles. The van der Waals surface area contributed by atoms with E-state index in [1.54, 1.807) is 24.3 Å². The van der Waals surface area contributed by atoms with Crippen LogP contribution in [0.5, 0.6) is 0 Å². The monoisotopic (exact) mass is 201 g/mol. The maximum atomic E-state index is 12.4. The van der Waals surface area contributed by atoms with Crippen molar-refractivity contribution in [2.45, 2.75) is 6.43 Å². The number of hydrogen-bond donors (Lipinski definition) is 1. The van der Waals surface area contributed by atoms with Gasteiger partial charge in [-0.05, 0) is 6.07 Å². The number of fused-ring (bicyclic) bond motifs is 1. The van der Waals surface area contributed by atoms with Gasteiger partial charge < -0.3 is 4.98 Å². The Kier molecular flexibility index (Phi) is 1.96. The molecule has 1 nitrogen and oxygen atoms in total. The number of benzene rings is 1. The fraction of sp³-hybridized carbons (Fsp3) is 0.111. The molecule has 1 N–H and O–H groups in total. The van der Waals surface area contributed by atoms with Crippen LogP contribution in [0.3, 0.4) is 0 Å². The minimum absolute atomic E-state index is 0.116. The molecule has 0 amide bonds. The highest BCUT2D eigenvalue weighted by atomic mass is 35.5. The van der Waals surface area contributed by atoms with Gasteiger partial charge in [-0.25, -0.2) is 8.78 Å². The second kappa shape index (κ2) is 3.00. The van der Waals surface area contributed by atoms with Crippen LogP contribution in [-0.4, -0.2) is 4.98 Å². The lowest BCUT2D eigenvalue weighted by Gasteiger charge is -1.93. The van der Waals surface area contributed by atoms with Gasteiger partial charge in [-0.2, -0.15) is 0 Å². The quantitative estimate of drug-likeness (QED) is 0.723. The maximum absolute atomic E-state index is 12.4. The number of alkyl halides is 2. The van der Waals surface area contributed by atoms with Crippen molar-refractivity contribution in [2.75, 3.05) is 0 Å². The summed E-state index contributed by atoms with van der Waals surface area (Å²) in [5.41, 5.74) is 0.436. The van der Waals surface area contributed by atoms with Crippen LogP contribution in [0.25, 0.3) is 10.9 Å². The number of aromatic nitrogens is 1. The van der Waals surface area contributed by atoms with Crippen molar-refractivity contribution in [3.05, 3.63) is 35.0 Å². The summed E-state index contributed by atoms with van der Waals surface area (Å²) in [6, 6.07) is 6.95. The first-order valence-corrected chi connectivity index (χ1v) is 4.12. The van der Waals surface area contributed by atoms with Crippen LogP contribution in [-0.2, 0) is 0 Å². The Morgan fingerprint density at radius 3 is 2.54 bits per heavy atom. The first-order valence-electron chi connectivity index (χ1n) is 3.74. The topological polar surface area (TPSA) is 15.8 Å². The fourth-order valence-electron chi connectivity index (χ4n) is 1.28. The number of para-hydroxylation sites is 1. The lowest BCUT2D eigenvalue weighted by atomic mass is 10.2. The molecule has 0 unspecified atom stereocenters. The summed E-state index contributed by atoms with van der Waals surface area (Å²) >= 11 is 5.74. The molecule has 13 heavy (non-hydrogen) atoms. The molecular formula is C9H6ClF2N. The molecule has 0 spiro atoms. The van der Waals surface area contributed by atoms with Gasteiger partial charge in [0.15, 0.2) is 0 Å². The van der Waals surface area contributed by atoms with E-state index in [4.69, 9.17) is 11.6 Å². The van der Waals surface area contributed by atoms with Gasteiger partial charge in [-0.15, -0.1) is 0 Å². The summed E-state index contributed by atoms with van der Waals surface area (Å²) in [6.07, 6.45) is -2.56. The molecule has 0 radical (unpaired) electrons. The van der Waals surface area contributed by atoms with Crippen molar-refractivity contribution >= 4 is 22.5 Å². The molecule has 0 saturated heterocycles. The standard InChI is InChI=1S/C9H6ClF2N/c10-7-5-3-1-2-4-6(5)13-8(7)9(11)12/h1-4,9,13H.